The number of aromatic nitrogens is 6. The van der Waals surface area contributed by atoms with Gasteiger partial charge in [-0.1, -0.05) is 42.5 Å². The molecule has 4 fully saturated rings. The van der Waals surface area contributed by atoms with Crippen molar-refractivity contribution in [3.63, 3.8) is 0 Å². The number of aryl methyl sites for hydroxylation is 1. The number of piperazine rings is 1. The highest BCUT2D eigenvalue weighted by atomic mass is 16.5. The lowest BCUT2D eigenvalue weighted by Gasteiger charge is -2.49. The first-order chi connectivity index (χ1) is 34.6. The zero-order valence-electron chi connectivity index (χ0n) is 39.7. The largest absolute Gasteiger partial charge is 0.477 e. The maximum absolute atomic E-state index is 13.8. The van der Waals surface area contributed by atoms with E-state index < -0.39 is 11.9 Å². The lowest BCUT2D eigenvalue weighted by molar-refractivity contribution is -0.136. The fourth-order valence-corrected chi connectivity index (χ4v) is 10.8. The number of carbonyl (C=O) groups excluding carboxylic acids is 3. The molecule has 0 radical (unpaired) electrons. The minimum atomic E-state index is -0.827. The highest BCUT2D eigenvalue weighted by molar-refractivity contribution is 5.99. The number of rotatable bonds is 13. The molecule has 0 bridgehead atoms. The van der Waals surface area contributed by atoms with Crippen molar-refractivity contribution in [1.82, 2.24) is 50.0 Å². The average Bonchev–Trinajstić information content (AvgIpc) is 3.41. The fraction of sp³-hybridized carbons (Fsp3) is 0.396. The normalized spacial score (nSPS) is 20.1. The third kappa shape index (κ3) is 10.1. The molecule has 6 aromatic rings. The zero-order chi connectivity index (χ0) is 49.0. The first-order valence-electron chi connectivity index (χ1n) is 24.5. The zero-order valence-corrected chi connectivity index (χ0v) is 39.7. The summed E-state index contributed by atoms with van der Waals surface area (Å²) in [6.45, 7) is 8.09. The topological polar surface area (TPSA) is 214 Å². The van der Waals surface area contributed by atoms with Crippen LogP contribution in [0.25, 0.3) is 33.4 Å². The number of ether oxygens (including phenoxy) is 1. The Labute approximate surface area is 410 Å². The van der Waals surface area contributed by atoms with Crippen molar-refractivity contribution in [3.8, 4) is 34.6 Å². The van der Waals surface area contributed by atoms with Gasteiger partial charge in [-0.05, 0) is 86.8 Å². The van der Waals surface area contributed by atoms with Gasteiger partial charge in [0.1, 0.15) is 12.2 Å². The van der Waals surface area contributed by atoms with Crippen LogP contribution in [0.5, 0.6) is 5.88 Å². The Kier molecular flexibility index (Phi) is 13.9. The molecule has 71 heavy (non-hydrogen) atoms. The minimum absolute atomic E-state index is 0.159. The molecule has 0 spiro atoms. The van der Waals surface area contributed by atoms with E-state index in [4.69, 9.17) is 9.72 Å². The van der Waals surface area contributed by atoms with Gasteiger partial charge < -0.3 is 19.7 Å². The summed E-state index contributed by atoms with van der Waals surface area (Å²) in [7, 11) is 0. The van der Waals surface area contributed by atoms with Gasteiger partial charge in [0.05, 0.1) is 41.6 Å². The summed E-state index contributed by atoms with van der Waals surface area (Å²) >= 11 is 0. The number of aldehydes is 1. The fourth-order valence-electron chi connectivity index (χ4n) is 10.8. The van der Waals surface area contributed by atoms with Crippen molar-refractivity contribution in [2.75, 3.05) is 57.3 Å². The molecule has 2 N–H and O–H groups in total. The molecule has 4 aliphatic heterocycles. The third-order valence-corrected chi connectivity index (χ3v) is 14.7. The number of fused-ring (bicyclic) bond motifs is 1. The van der Waals surface area contributed by atoms with Crippen molar-refractivity contribution in [2.24, 2.45) is 11.8 Å². The summed E-state index contributed by atoms with van der Waals surface area (Å²) in [5, 5.41) is 25.5. The highest BCUT2D eigenvalue weighted by Crippen LogP contribution is 2.33. The first-order valence-corrected chi connectivity index (χ1v) is 24.5. The second-order valence-electron chi connectivity index (χ2n) is 19.0. The number of anilines is 1. The second-order valence-corrected chi connectivity index (χ2v) is 19.0. The molecule has 3 aromatic carbocycles. The van der Waals surface area contributed by atoms with E-state index in [1.54, 1.807) is 30.5 Å². The van der Waals surface area contributed by atoms with E-state index in [1.807, 2.05) is 61.5 Å². The van der Waals surface area contributed by atoms with Gasteiger partial charge in [0, 0.05) is 98.8 Å². The lowest BCUT2D eigenvalue weighted by atomic mass is 9.86. The maximum Gasteiger partial charge on any atom is 0.275 e. The van der Waals surface area contributed by atoms with E-state index in [-0.39, 0.29) is 54.5 Å². The molecule has 18 heteroatoms. The molecule has 3 aromatic heterocycles. The predicted octanol–water partition coefficient (Wildman–Crippen LogP) is 4.09. The molecule has 3 unspecified atom stereocenters. The number of benzene rings is 3. The second kappa shape index (κ2) is 20.9. The summed E-state index contributed by atoms with van der Waals surface area (Å²) < 4.78 is 8.98. The van der Waals surface area contributed by atoms with Crippen molar-refractivity contribution in [3.05, 3.63) is 129 Å². The van der Waals surface area contributed by atoms with Crippen LogP contribution < -0.4 is 31.4 Å². The van der Waals surface area contributed by atoms with Gasteiger partial charge >= 0.3 is 0 Å². The summed E-state index contributed by atoms with van der Waals surface area (Å²) in [6.07, 6.45) is 6.51. The molecule has 2 amide bonds. The van der Waals surface area contributed by atoms with Crippen LogP contribution in [0, 0.1) is 30.1 Å². The number of imide groups is 1. The summed E-state index contributed by atoms with van der Waals surface area (Å²) in [5.41, 5.74) is 4.56. The van der Waals surface area contributed by atoms with Crippen LogP contribution >= 0.6 is 0 Å². The Morgan fingerprint density at radius 3 is 2.45 bits per heavy atom. The maximum atomic E-state index is 13.8. The van der Waals surface area contributed by atoms with Crippen LogP contribution in [-0.2, 0) is 20.9 Å². The molecule has 4 aliphatic rings. The van der Waals surface area contributed by atoms with E-state index >= 15 is 0 Å². The lowest BCUT2D eigenvalue weighted by Crippen LogP contribution is -2.64. The summed E-state index contributed by atoms with van der Waals surface area (Å²) in [4.78, 5) is 80.7. The SMILES string of the molecule is Cc1nn(C2CCC(=O)NC2=O)c(=O)c2cc(N3CCC(C4CNCCN4C(C=O)N4CCC(COc5ccnc(-c6ccccc6Cn6nc(-c7ccc(C#N)cc7)ccc6=O)n5)CC4)CC3)ccc12. The number of nitriles is 1. The van der Waals surface area contributed by atoms with E-state index in [0.29, 0.717) is 46.6 Å². The molecule has 0 aliphatic carbocycles. The quantitative estimate of drug-likeness (QED) is 0.123. The van der Waals surface area contributed by atoms with Gasteiger partial charge in [0.2, 0.25) is 11.8 Å². The van der Waals surface area contributed by atoms with Gasteiger partial charge in [0.15, 0.2) is 12.1 Å². The van der Waals surface area contributed by atoms with Crippen molar-refractivity contribution in [2.45, 2.75) is 70.2 Å². The molecule has 364 valence electrons. The van der Waals surface area contributed by atoms with Crippen LogP contribution in [0.1, 0.15) is 61.4 Å². The highest BCUT2D eigenvalue weighted by Gasteiger charge is 2.39. The van der Waals surface area contributed by atoms with Crippen molar-refractivity contribution in [1.29, 1.82) is 5.26 Å². The predicted molar refractivity (Wildman–Crippen MR) is 265 cm³/mol. The number of nitrogens with zero attached hydrogens (tertiary/aromatic N) is 10. The van der Waals surface area contributed by atoms with Crippen molar-refractivity contribution >= 4 is 34.6 Å². The molecule has 7 heterocycles. The molecular weight excluding hydrogens is 901 g/mol. The number of hydrogen-bond acceptors (Lipinski definition) is 15. The third-order valence-electron chi connectivity index (χ3n) is 14.7. The Morgan fingerprint density at radius 2 is 1.68 bits per heavy atom. The van der Waals surface area contributed by atoms with Crippen molar-refractivity contribution < 1.29 is 19.1 Å². The van der Waals surface area contributed by atoms with E-state index in [2.05, 4.69) is 46.6 Å². The minimum Gasteiger partial charge on any atom is -0.477 e. The van der Waals surface area contributed by atoms with Crippen LogP contribution in [0.2, 0.25) is 0 Å². The number of amides is 2. The van der Waals surface area contributed by atoms with Gasteiger partial charge in [-0.25, -0.2) is 14.3 Å². The van der Waals surface area contributed by atoms with Gasteiger partial charge in [-0.15, -0.1) is 0 Å². The molecule has 3 atom stereocenters. The molecule has 10 rings (SSSR count). The summed E-state index contributed by atoms with van der Waals surface area (Å²) in [5.74, 6) is 0.760. The van der Waals surface area contributed by atoms with E-state index in [0.717, 1.165) is 106 Å². The first kappa shape index (κ1) is 47.2. The molecule has 0 saturated carbocycles. The van der Waals surface area contributed by atoms with Gasteiger partial charge in [0.25, 0.3) is 17.0 Å². The average molecular weight is 957 g/mol. The van der Waals surface area contributed by atoms with E-state index in [1.165, 1.54) is 15.4 Å². The standard InChI is InChI=1S/C53H56N12O6/c1-34-41-11-10-40(28-43(41)53(70)65(59-34)45-13-14-47(67)57-52(45)69)61-25-19-38(20-26-61)46-30-55-22-27-63(46)49(32-66)62-23-17-36(18-24-62)33-71-48-16-21-56-51(58-48)42-5-3-2-4-39(42)31-64-50(68)15-12-44(60-64)37-8-6-35(29-54)7-9-37/h2-12,15-16,21,28,32,36,38,45-46,49,55H,13-14,17-20,22-27,30-31,33H2,1H3,(H,57,67,69). The number of piperidine rings is 3. The number of hydrogen-bond donors (Lipinski definition) is 2. The molecule has 4 saturated heterocycles. The Bertz CT molecular complexity index is 3120. The van der Waals surface area contributed by atoms with Crippen LogP contribution in [0.4, 0.5) is 5.69 Å². The van der Waals surface area contributed by atoms with Gasteiger partial charge in [-0.2, -0.15) is 20.4 Å². The molecule has 18 nitrogen and oxygen atoms in total. The Hall–Kier alpha value is -7.46. The summed E-state index contributed by atoms with van der Waals surface area (Å²) in [6, 6.07) is 27.1. The Balaban J connectivity index is 0.743. The van der Waals surface area contributed by atoms with Gasteiger partial charge in [-0.3, -0.25) is 34.3 Å². The van der Waals surface area contributed by atoms with Crippen LogP contribution in [0.15, 0.2) is 101 Å². The van der Waals surface area contributed by atoms with E-state index in [9.17, 15) is 29.2 Å². The monoisotopic (exact) mass is 956 g/mol. The number of nitrogens with one attached hydrogen (secondary N) is 2. The van der Waals surface area contributed by atoms with Crippen LogP contribution in [-0.4, -0.2) is 122 Å². The number of carbonyl (C=O) groups is 3. The van der Waals surface area contributed by atoms with Crippen LogP contribution in [0.3, 0.4) is 0 Å². The number of likely N-dealkylation sites (tertiary alicyclic amines) is 1. The Morgan fingerprint density at radius 1 is 0.873 bits per heavy atom. The smallest absolute Gasteiger partial charge is 0.275 e. The molecular formula is C53H56N12O6.